The van der Waals surface area contributed by atoms with Crippen LogP contribution >= 0.6 is 0 Å². The first-order valence-electron chi connectivity index (χ1n) is 11.4. The number of carbonyl (C=O) groups excluding carboxylic acids is 3. The maximum atomic E-state index is 13.0. The fourth-order valence-corrected chi connectivity index (χ4v) is 4.70. The lowest BCUT2D eigenvalue weighted by Gasteiger charge is -2.29. The standard InChI is InChI=1S/C25H27N3O5/c29-23-9-8-21(24(30)26-23)28-15-20-19(25(28)31)6-3-7-22(20)33-16-18-5-2-1-4-17(18)14-27-10-12-32-13-11-27/h1-7,21H,8-16H2,(H,26,29,30). The van der Waals surface area contributed by atoms with Gasteiger partial charge in [-0.25, -0.2) is 0 Å². The highest BCUT2D eigenvalue weighted by atomic mass is 16.5. The first-order valence-corrected chi connectivity index (χ1v) is 11.4. The van der Waals surface area contributed by atoms with Crippen molar-refractivity contribution in [1.29, 1.82) is 0 Å². The lowest BCUT2D eigenvalue weighted by molar-refractivity contribution is -0.136. The molecule has 2 fully saturated rings. The van der Waals surface area contributed by atoms with Crippen LogP contribution in [0.15, 0.2) is 42.5 Å². The topological polar surface area (TPSA) is 88.2 Å². The van der Waals surface area contributed by atoms with Crippen LogP contribution in [0.1, 0.15) is 39.9 Å². The third-order valence-corrected chi connectivity index (χ3v) is 6.54. The van der Waals surface area contributed by atoms with E-state index in [2.05, 4.69) is 22.3 Å². The molecule has 3 aliphatic rings. The first kappa shape index (κ1) is 21.6. The van der Waals surface area contributed by atoms with Gasteiger partial charge in [-0.05, 0) is 29.7 Å². The van der Waals surface area contributed by atoms with Gasteiger partial charge >= 0.3 is 0 Å². The summed E-state index contributed by atoms with van der Waals surface area (Å²) in [5, 5.41) is 2.34. The number of amides is 3. The van der Waals surface area contributed by atoms with Crippen molar-refractivity contribution in [3.63, 3.8) is 0 Å². The monoisotopic (exact) mass is 449 g/mol. The molecular weight excluding hydrogens is 422 g/mol. The van der Waals surface area contributed by atoms with Crippen molar-refractivity contribution in [3.05, 3.63) is 64.7 Å². The first-order chi connectivity index (χ1) is 16.1. The molecule has 2 aromatic carbocycles. The minimum absolute atomic E-state index is 0.197. The van der Waals surface area contributed by atoms with Crippen LogP contribution in [-0.4, -0.2) is 59.9 Å². The summed E-state index contributed by atoms with van der Waals surface area (Å²) in [7, 11) is 0. The van der Waals surface area contributed by atoms with Crippen molar-refractivity contribution in [2.24, 2.45) is 0 Å². The molecule has 2 saturated heterocycles. The van der Waals surface area contributed by atoms with E-state index >= 15 is 0 Å². The van der Waals surface area contributed by atoms with Gasteiger partial charge < -0.3 is 14.4 Å². The maximum absolute atomic E-state index is 13.0. The van der Waals surface area contributed by atoms with Gasteiger partial charge in [0.15, 0.2) is 0 Å². The molecule has 3 aliphatic heterocycles. The molecule has 33 heavy (non-hydrogen) atoms. The van der Waals surface area contributed by atoms with E-state index in [0.717, 1.165) is 44.0 Å². The Morgan fingerprint density at radius 1 is 1.00 bits per heavy atom. The molecule has 0 aromatic heterocycles. The molecule has 0 spiro atoms. The van der Waals surface area contributed by atoms with Crippen LogP contribution < -0.4 is 10.1 Å². The second kappa shape index (κ2) is 9.33. The Kier molecular flexibility index (Phi) is 6.11. The molecule has 0 bridgehead atoms. The number of morpholine rings is 1. The summed E-state index contributed by atoms with van der Waals surface area (Å²) in [6, 6.07) is 13.0. The zero-order valence-corrected chi connectivity index (χ0v) is 18.4. The number of hydrogen-bond donors (Lipinski definition) is 1. The number of piperidine rings is 1. The Hall–Kier alpha value is -3.23. The quantitative estimate of drug-likeness (QED) is 0.678. The van der Waals surface area contributed by atoms with Crippen LogP contribution in [0.2, 0.25) is 0 Å². The van der Waals surface area contributed by atoms with Crippen LogP contribution in [0.25, 0.3) is 0 Å². The smallest absolute Gasteiger partial charge is 0.255 e. The second-order valence-electron chi connectivity index (χ2n) is 8.63. The zero-order chi connectivity index (χ0) is 22.8. The summed E-state index contributed by atoms with van der Waals surface area (Å²) in [5.41, 5.74) is 3.66. The largest absolute Gasteiger partial charge is 0.489 e. The number of fused-ring (bicyclic) bond motifs is 1. The van der Waals surface area contributed by atoms with Gasteiger partial charge in [-0.3, -0.25) is 24.6 Å². The normalized spacial score (nSPS) is 21.2. The highest BCUT2D eigenvalue weighted by Gasteiger charge is 2.40. The fourth-order valence-electron chi connectivity index (χ4n) is 4.70. The van der Waals surface area contributed by atoms with Gasteiger partial charge in [0.2, 0.25) is 11.8 Å². The predicted octanol–water partition coefficient (Wildman–Crippen LogP) is 1.86. The van der Waals surface area contributed by atoms with Crippen LogP contribution in [-0.2, 0) is 34.0 Å². The second-order valence-corrected chi connectivity index (χ2v) is 8.63. The molecule has 8 nitrogen and oxygen atoms in total. The molecule has 172 valence electrons. The van der Waals surface area contributed by atoms with Crippen molar-refractivity contribution >= 4 is 17.7 Å². The average Bonchev–Trinajstić information content (AvgIpc) is 3.16. The summed E-state index contributed by atoms with van der Waals surface area (Å²) in [5.74, 6) is -0.249. The number of benzene rings is 2. The number of rotatable bonds is 6. The van der Waals surface area contributed by atoms with E-state index in [0.29, 0.717) is 30.9 Å². The van der Waals surface area contributed by atoms with Crippen molar-refractivity contribution in [2.75, 3.05) is 26.3 Å². The predicted molar refractivity (Wildman–Crippen MR) is 119 cm³/mol. The molecule has 1 atom stereocenters. The van der Waals surface area contributed by atoms with Crippen LogP contribution in [0.4, 0.5) is 0 Å². The van der Waals surface area contributed by atoms with Gasteiger partial charge in [-0.1, -0.05) is 30.3 Å². The molecule has 5 rings (SSSR count). The molecule has 3 amide bonds. The summed E-state index contributed by atoms with van der Waals surface area (Å²) < 4.78 is 11.7. The van der Waals surface area contributed by atoms with Crippen molar-refractivity contribution in [1.82, 2.24) is 15.1 Å². The number of ether oxygens (including phenoxy) is 2. The molecule has 0 radical (unpaired) electrons. The fraction of sp³-hybridized carbons (Fsp3) is 0.400. The van der Waals surface area contributed by atoms with Crippen LogP contribution in [0.3, 0.4) is 0 Å². The third-order valence-electron chi connectivity index (χ3n) is 6.54. The molecule has 8 heteroatoms. The van der Waals surface area contributed by atoms with E-state index < -0.39 is 11.9 Å². The van der Waals surface area contributed by atoms with E-state index in [1.54, 1.807) is 17.0 Å². The number of carbonyl (C=O) groups is 3. The maximum Gasteiger partial charge on any atom is 0.255 e. The van der Waals surface area contributed by atoms with E-state index in [4.69, 9.17) is 9.47 Å². The number of nitrogens with zero attached hydrogens (tertiary/aromatic N) is 2. The Balaban J connectivity index is 1.30. The molecule has 3 heterocycles. The van der Waals surface area contributed by atoms with Gasteiger partial charge in [-0.2, -0.15) is 0 Å². The zero-order valence-electron chi connectivity index (χ0n) is 18.4. The summed E-state index contributed by atoms with van der Waals surface area (Å²) in [4.78, 5) is 40.7. The molecular formula is C25H27N3O5. The molecule has 1 N–H and O–H groups in total. The van der Waals surface area contributed by atoms with Gasteiger partial charge in [0, 0.05) is 37.2 Å². The highest BCUT2D eigenvalue weighted by molar-refractivity contribution is 6.05. The highest BCUT2D eigenvalue weighted by Crippen LogP contribution is 2.34. The van der Waals surface area contributed by atoms with Gasteiger partial charge in [0.1, 0.15) is 18.4 Å². The number of imide groups is 1. The van der Waals surface area contributed by atoms with Crippen LogP contribution in [0.5, 0.6) is 5.75 Å². The van der Waals surface area contributed by atoms with Gasteiger partial charge in [0.05, 0.1) is 19.8 Å². The van der Waals surface area contributed by atoms with E-state index in [1.807, 2.05) is 18.2 Å². The van der Waals surface area contributed by atoms with Crippen molar-refractivity contribution < 1.29 is 23.9 Å². The van der Waals surface area contributed by atoms with Gasteiger partial charge in [0.25, 0.3) is 5.91 Å². The number of hydrogen-bond acceptors (Lipinski definition) is 6. The van der Waals surface area contributed by atoms with E-state index in [1.165, 1.54) is 5.56 Å². The SMILES string of the molecule is O=C1CCC(N2Cc3c(OCc4ccccc4CN4CCOCC4)cccc3C2=O)C(=O)N1. The van der Waals surface area contributed by atoms with E-state index in [9.17, 15) is 14.4 Å². The Morgan fingerprint density at radius 2 is 1.79 bits per heavy atom. The minimum atomic E-state index is -0.635. The average molecular weight is 450 g/mol. The summed E-state index contributed by atoms with van der Waals surface area (Å²) in [6.45, 7) is 4.88. The molecule has 0 saturated carbocycles. The van der Waals surface area contributed by atoms with Crippen molar-refractivity contribution in [2.45, 2.75) is 38.6 Å². The molecule has 0 aliphatic carbocycles. The lowest BCUT2D eigenvalue weighted by atomic mass is 10.0. The Bertz CT molecular complexity index is 1080. The number of nitrogens with one attached hydrogen (secondary N) is 1. The third kappa shape index (κ3) is 4.49. The molecule has 1 unspecified atom stereocenters. The molecule has 2 aromatic rings. The van der Waals surface area contributed by atoms with Crippen LogP contribution in [0, 0.1) is 0 Å². The van der Waals surface area contributed by atoms with Gasteiger partial charge in [-0.15, -0.1) is 0 Å². The lowest BCUT2D eigenvalue weighted by Crippen LogP contribution is -2.52. The summed E-state index contributed by atoms with van der Waals surface area (Å²) in [6.07, 6.45) is 0.579. The van der Waals surface area contributed by atoms with Crippen molar-refractivity contribution in [3.8, 4) is 5.75 Å². The summed E-state index contributed by atoms with van der Waals surface area (Å²) >= 11 is 0. The minimum Gasteiger partial charge on any atom is -0.489 e. The Morgan fingerprint density at radius 3 is 2.58 bits per heavy atom. The van der Waals surface area contributed by atoms with E-state index in [-0.39, 0.29) is 18.2 Å². The Labute approximate surface area is 192 Å².